The Morgan fingerprint density at radius 3 is 2.44 bits per heavy atom. The predicted molar refractivity (Wildman–Crippen MR) is 159 cm³/mol. The van der Waals surface area contributed by atoms with Gasteiger partial charge in [-0.25, -0.2) is 4.68 Å². The zero-order valence-corrected chi connectivity index (χ0v) is 23.4. The summed E-state index contributed by atoms with van der Waals surface area (Å²) in [5.41, 5.74) is 3.79. The third-order valence-corrected chi connectivity index (χ3v) is 8.53. The Labute approximate surface area is 228 Å². The smallest absolute Gasteiger partial charge is 0.266 e. The fourth-order valence-electron chi connectivity index (χ4n) is 4.00. The maximum absolute atomic E-state index is 13.2. The molecule has 4 nitrogen and oxygen atoms in total. The lowest BCUT2D eigenvalue weighted by atomic mass is 10.1. The summed E-state index contributed by atoms with van der Waals surface area (Å²) in [6.45, 7) is 5.10. The molecule has 36 heavy (non-hydrogen) atoms. The first-order chi connectivity index (χ1) is 17.6. The third-order valence-electron chi connectivity index (χ3n) is 6.05. The lowest BCUT2D eigenvalue weighted by Crippen LogP contribution is -2.29. The van der Waals surface area contributed by atoms with Gasteiger partial charge in [0, 0.05) is 28.8 Å². The number of nitrogens with zero attached hydrogens (tertiary/aromatic N) is 3. The van der Waals surface area contributed by atoms with Crippen molar-refractivity contribution >= 4 is 52.0 Å². The number of hydrogen-bond acceptors (Lipinski definition) is 5. The Balaban J connectivity index is 1.62. The van der Waals surface area contributed by atoms with E-state index in [9.17, 15) is 4.79 Å². The van der Waals surface area contributed by atoms with Crippen LogP contribution in [0.25, 0.3) is 23.0 Å². The summed E-state index contributed by atoms with van der Waals surface area (Å²) in [6, 6.07) is 18.6. The zero-order valence-electron chi connectivity index (χ0n) is 21.0. The first-order valence-corrected chi connectivity index (χ1v) is 15.0. The van der Waals surface area contributed by atoms with E-state index < -0.39 is 0 Å². The van der Waals surface area contributed by atoms with Gasteiger partial charge in [0.1, 0.15) is 4.32 Å². The van der Waals surface area contributed by atoms with Crippen molar-refractivity contribution in [2.45, 2.75) is 57.3 Å². The average molecular weight is 536 g/mol. The van der Waals surface area contributed by atoms with Crippen LogP contribution < -0.4 is 0 Å². The van der Waals surface area contributed by atoms with Crippen LogP contribution in [0.5, 0.6) is 0 Å². The van der Waals surface area contributed by atoms with E-state index in [0.717, 1.165) is 41.1 Å². The van der Waals surface area contributed by atoms with Gasteiger partial charge in [0.15, 0.2) is 0 Å². The lowest BCUT2D eigenvalue weighted by Gasteiger charge is -2.13. The SMILES string of the molecule is CCCCCCN1C(=O)/C(=C/c2cn(-c3ccccc3)nc2-c2ccc(SCCCC)cc2)SC1=S. The van der Waals surface area contributed by atoms with E-state index in [0.29, 0.717) is 15.8 Å². The molecule has 7 heteroatoms. The minimum Gasteiger partial charge on any atom is -0.293 e. The number of carbonyl (C=O) groups excluding carboxylic acids is 1. The van der Waals surface area contributed by atoms with Crippen molar-refractivity contribution < 1.29 is 4.79 Å². The molecule has 1 fully saturated rings. The molecule has 2 aromatic carbocycles. The molecule has 188 valence electrons. The molecule has 0 aliphatic carbocycles. The number of rotatable bonds is 12. The highest BCUT2D eigenvalue weighted by molar-refractivity contribution is 8.26. The average Bonchev–Trinajstić information content (AvgIpc) is 3.44. The van der Waals surface area contributed by atoms with Gasteiger partial charge < -0.3 is 0 Å². The number of aromatic nitrogens is 2. The van der Waals surface area contributed by atoms with Crippen molar-refractivity contribution in [3.8, 4) is 16.9 Å². The van der Waals surface area contributed by atoms with Gasteiger partial charge in [-0.05, 0) is 48.9 Å². The van der Waals surface area contributed by atoms with E-state index in [2.05, 4.69) is 38.1 Å². The van der Waals surface area contributed by atoms with Crippen LogP contribution in [-0.4, -0.2) is 37.2 Å². The van der Waals surface area contributed by atoms with Gasteiger partial charge in [-0.15, -0.1) is 11.8 Å². The Hall–Kier alpha value is -2.35. The second kappa shape index (κ2) is 13.3. The van der Waals surface area contributed by atoms with Crippen LogP contribution in [0.15, 0.2) is 70.6 Å². The molecular formula is C29H33N3OS3. The van der Waals surface area contributed by atoms with Gasteiger partial charge in [0.05, 0.1) is 16.3 Å². The maximum atomic E-state index is 13.2. The number of hydrogen-bond donors (Lipinski definition) is 0. The van der Waals surface area contributed by atoms with E-state index in [4.69, 9.17) is 17.3 Å². The van der Waals surface area contributed by atoms with E-state index >= 15 is 0 Å². The summed E-state index contributed by atoms with van der Waals surface area (Å²) >= 11 is 8.84. The Morgan fingerprint density at radius 2 is 1.72 bits per heavy atom. The highest BCUT2D eigenvalue weighted by Crippen LogP contribution is 2.35. The fraction of sp³-hybridized carbons (Fsp3) is 0.345. The summed E-state index contributed by atoms with van der Waals surface area (Å²) in [7, 11) is 0. The lowest BCUT2D eigenvalue weighted by molar-refractivity contribution is -0.122. The number of amides is 1. The van der Waals surface area contributed by atoms with Crippen LogP contribution >= 0.6 is 35.7 Å². The van der Waals surface area contributed by atoms with Crippen molar-refractivity contribution in [1.29, 1.82) is 0 Å². The van der Waals surface area contributed by atoms with Crippen molar-refractivity contribution in [3.63, 3.8) is 0 Å². The van der Waals surface area contributed by atoms with Gasteiger partial charge in [0.25, 0.3) is 5.91 Å². The normalized spacial score (nSPS) is 14.8. The van der Waals surface area contributed by atoms with Crippen molar-refractivity contribution in [1.82, 2.24) is 14.7 Å². The summed E-state index contributed by atoms with van der Waals surface area (Å²) in [5, 5.41) is 4.93. The highest BCUT2D eigenvalue weighted by atomic mass is 32.2. The second-order valence-electron chi connectivity index (χ2n) is 8.83. The maximum Gasteiger partial charge on any atom is 0.266 e. The van der Waals surface area contributed by atoms with Gasteiger partial charge in [-0.1, -0.05) is 93.8 Å². The van der Waals surface area contributed by atoms with Crippen LogP contribution in [0.2, 0.25) is 0 Å². The fourth-order valence-corrected chi connectivity index (χ4v) is 6.30. The number of benzene rings is 2. The zero-order chi connectivity index (χ0) is 25.3. The number of thioether (sulfide) groups is 2. The van der Waals surface area contributed by atoms with Gasteiger partial charge in [0.2, 0.25) is 0 Å². The molecule has 0 bridgehead atoms. The molecule has 3 aromatic rings. The molecule has 1 amide bonds. The minimum atomic E-state index is 0.00239. The molecule has 1 aliphatic rings. The Kier molecular flexibility index (Phi) is 9.84. The molecule has 0 atom stereocenters. The second-order valence-corrected chi connectivity index (χ2v) is 11.7. The van der Waals surface area contributed by atoms with E-state index in [1.807, 2.05) is 59.0 Å². The molecule has 0 unspecified atom stereocenters. The van der Waals surface area contributed by atoms with Crippen LogP contribution in [0, 0.1) is 0 Å². The topological polar surface area (TPSA) is 38.1 Å². The number of thiocarbonyl (C=S) groups is 1. The monoisotopic (exact) mass is 535 g/mol. The summed E-state index contributed by atoms with van der Waals surface area (Å²) < 4.78 is 2.53. The molecule has 0 spiro atoms. The summed E-state index contributed by atoms with van der Waals surface area (Å²) in [5.74, 6) is 1.13. The first-order valence-electron chi connectivity index (χ1n) is 12.7. The molecule has 0 saturated carbocycles. The molecule has 1 aliphatic heterocycles. The predicted octanol–water partition coefficient (Wildman–Crippen LogP) is 8.21. The molecule has 1 saturated heterocycles. The molecule has 0 N–H and O–H groups in total. The minimum absolute atomic E-state index is 0.00239. The number of carbonyl (C=O) groups is 1. The molecule has 0 radical (unpaired) electrons. The largest absolute Gasteiger partial charge is 0.293 e. The molecule has 2 heterocycles. The van der Waals surface area contributed by atoms with Crippen LogP contribution in [0.1, 0.15) is 57.9 Å². The van der Waals surface area contributed by atoms with E-state index in [1.54, 1.807) is 4.90 Å². The van der Waals surface area contributed by atoms with Crippen LogP contribution in [-0.2, 0) is 4.79 Å². The van der Waals surface area contributed by atoms with Crippen LogP contribution in [0.3, 0.4) is 0 Å². The number of unbranched alkanes of at least 4 members (excludes halogenated alkanes) is 4. The van der Waals surface area contributed by atoms with Gasteiger partial charge in [-0.3, -0.25) is 9.69 Å². The molecule has 4 rings (SSSR count). The molecular weight excluding hydrogens is 503 g/mol. The quantitative estimate of drug-likeness (QED) is 0.101. The van der Waals surface area contributed by atoms with E-state index in [-0.39, 0.29) is 5.91 Å². The van der Waals surface area contributed by atoms with Crippen molar-refractivity contribution in [2.75, 3.05) is 12.3 Å². The molecule has 1 aromatic heterocycles. The summed E-state index contributed by atoms with van der Waals surface area (Å²) in [4.78, 5) is 16.9. The van der Waals surface area contributed by atoms with Gasteiger partial charge in [-0.2, -0.15) is 5.10 Å². The standard InChI is InChI=1S/C29H33N3OS3/c1-3-5-7-11-18-31-28(33)26(36-29(31)34)20-23-21-32(24-12-9-8-10-13-24)30-27(23)22-14-16-25(17-15-22)35-19-6-4-2/h8-10,12-17,20-21H,3-7,11,18-19H2,1-2H3/b26-20-. The van der Waals surface area contributed by atoms with Crippen molar-refractivity contribution in [2.24, 2.45) is 0 Å². The first kappa shape index (κ1) is 26.7. The third kappa shape index (κ3) is 6.69. The highest BCUT2D eigenvalue weighted by Gasteiger charge is 2.32. The van der Waals surface area contributed by atoms with Gasteiger partial charge >= 0.3 is 0 Å². The summed E-state index contributed by atoms with van der Waals surface area (Å²) in [6.07, 6.45) is 10.8. The Morgan fingerprint density at radius 1 is 0.972 bits per heavy atom. The number of para-hydroxylation sites is 1. The van der Waals surface area contributed by atoms with Crippen LogP contribution in [0.4, 0.5) is 0 Å². The van der Waals surface area contributed by atoms with E-state index in [1.165, 1.54) is 42.3 Å². The van der Waals surface area contributed by atoms with Crippen molar-refractivity contribution in [3.05, 3.63) is 71.3 Å². The Bertz CT molecular complexity index is 1200.